The minimum atomic E-state index is -0.159. The van der Waals surface area contributed by atoms with E-state index in [1.54, 1.807) is 18.2 Å². The summed E-state index contributed by atoms with van der Waals surface area (Å²) in [5.74, 6) is -0.159. The third kappa shape index (κ3) is 3.71. The van der Waals surface area contributed by atoms with Crippen LogP contribution in [0.4, 0.5) is 5.69 Å². The number of hydrogen-bond acceptors (Lipinski definition) is 1. The van der Waals surface area contributed by atoms with Crippen molar-refractivity contribution in [3.8, 4) is 0 Å². The highest BCUT2D eigenvalue weighted by Crippen LogP contribution is 2.34. The van der Waals surface area contributed by atoms with Gasteiger partial charge in [-0.05, 0) is 78.7 Å². The molecule has 1 N–H and O–H groups in total. The van der Waals surface area contributed by atoms with E-state index in [-0.39, 0.29) is 5.91 Å². The van der Waals surface area contributed by atoms with Gasteiger partial charge in [0.2, 0.25) is 0 Å². The van der Waals surface area contributed by atoms with Gasteiger partial charge in [0, 0.05) is 17.5 Å². The maximum atomic E-state index is 12.2. The fourth-order valence-corrected chi connectivity index (χ4v) is 3.99. The van der Waals surface area contributed by atoms with Gasteiger partial charge in [0.25, 0.3) is 5.91 Å². The molecule has 2 aromatic rings. The number of carbonyl (C=O) groups is 1. The molecule has 0 aliphatic carbocycles. The Kier molecular flexibility index (Phi) is 5.28. The van der Waals surface area contributed by atoms with E-state index in [1.165, 1.54) is 0 Å². The fourth-order valence-electron chi connectivity index (χ4n) is 1.49. The van der Waals surface area contributed by atoms with Crippen molar-refractivity contribution in [3.63, 3.8) is 0 Å². The lowest BCUT2D eigenvalue weighted by Crippen LogP contribution is -2.14. The Morgan fingerprint density at radius 2 is 1.74 bits per heavy atom. The van der Waals surface area contributed by atoms with Crippen LogP contribution in [0.15, 0.2) is 45.3 Å². The van der Waals surface area contributed by atoms with E-state index >= 15 is 0 Å². The summed E-state index contributed by atoms with van der Waals surface area (Å²) >= 11 is 14.8. The monoisotopic (exact) mass is 513 g/mol. The average molecular weight is 515 g/mol. The van der Waals surface area contributed by atoms with Gasteiger partial charge in [-0.15, -0.1) is 0 Å². The topological polar surface area (TPSA) is 29.1 Å². The van der Waals surface area contributed by atoms with Gasteiger partial charge in [-0.3, -0.25) is 4.79 Å². The number of amides is 1. The molecule has 2 rings (SSSR count). The summed E-state index contributed by atoms with van der Waals surface area (Å²) in [5, 5.41) is 3.46. The molecule has 98 valence electrons. The Balaban J connectivity index is 2.32. The zero-order chi connectivity index (χ0) is 14.0. The lowest BCUT2D eigenvalue weighted by Gasteiger charge is -2.11. The van der Waals surface area contributed by atoms with Crippen LogP contribution >= 0.6 is 66.1 Å². The number of nitrogens with one attached hydrogen (secondary N) is 1. The summed E-state index contributed by atoms with van der Waals surface area (Å²) in [5.41, 5.74) is 1.30. The minimum absolute atomic E-state index is 0.159. The standard InChI is InChI=1S/C13H7Br2ClINO/c14-9-5-7(16)6-10(15)12(9)18-13(19)8-3-1-2-4-11(8)17/h1-6H,(H,18,19). The van der Waals surface area contributed by atoms with E-state index in [4.69, 9.17) is 11.6 Å². The second kappa shape index (κ2) is 6.56. The van der Waals surface area contributed by atoms with Crippen LogP contribution in [0.25, 0.3) is 0 Å². The molecule has 0 bridgehead atoms. The van der Waals surface area contributed by atoms with E-state index in [0.29, 0.717) is 16.3 Å². The number of hydrogen-bond donors (Lipinski definition) is 1. The molecule has 0 spiro atoms. The van der Waals surface area contributed by atoms with E-state index in [1.807, 2.05) is 18.2 Å². The first-order valence-corrected chi connectivity index (χ1v) is 8.23. The summed E-state index contributed by atoms with van der Waals surface area (Å²) in [6.45, 7) is 0. The van der Waals surface area contributed by atoms with Gasteiger partial charge in [-0.1, -0.05) is 23.7 Å². The predicted octanol–water partition coefficient (Wildman–Crippen LogP) is 5.72. The number of rotatable bonds is 2. The molecule has 0 saturated carbocycles. The summed E-state index contributed by atoms with van der Waals surface area (Å²) in [6.07, 6.45) is 0. The van der Waals surface area contributed by atoms with Gasteiger partial charge < -0.3 is 5.32 Å². The molecule has 1 amide bonds. The van der Waals surface area contributed by atoms with E-state index in [9.17, 15) is 4.79 Å². The molecule has 0 radical (unpaired) electrons. The van der Waals surface area contributed by atoms with Gasteiger partial charge in [0.05, 0.1) is 11.3 Å². The molecule has 0 aliphatic heterocycles. The minimum Gasteiger partial charge on any atom is -0.320 e. The Morgan fingerprint density at radius 3 is 2.32 bits per heavy atom. The maximum absolute atomic E-state index is 12.2. The second-order valence-corrected chi connectivity index (χ2v) is 6.99. The van der Waals surface area contributed by atoms with Crippen molar-refractivity contribution in [2.75, 3.05) is 5.32 Å². The number of carbonyl (C=O) groups excluding carboxylic acids is 1. The summed E-state index contributed by atoms with van der Waals surface area (Å²) < 4.78 is 2.36. The van der Waals surface area contributed by atoms with E-state index < -0.39 is 0 Å². The zero-order valence-electron chi connectivity index (χ0n) is 9.38. The van der Waals surface area contributed by atoms with E-state index in [0.717, 1.165) is 12.5 Å². The van der Waals surface area contributed by atoms with Gasteiger partial charge in [-0.2, -0.15) is 0 Å². The molecule has 6 heteroatoms. The molecule has 0 heterocycles. The Morgan fingerprint density at radius 1 is 1.16 bits per heavy atom. The molecule has 0 atom stereocenters. The highest BCUT2D eigenvalue weighted by molar-refractivity contribution is 14.1. The SMILES string of the molecule is O=C(Nc1c(Br)cc(Cl)cc1Br)c1ccccc1I. The van der Waals surface area contributed by atoms with Crippen molar-refractivity contribution >= 4 is 77.6 Å². The van der Waals surface area contributed by atoms with Gasteiger partial charge >= 0.3 is 0 Å². The molecular formula is C13H7Br2ClINO. The number of halogens is 4. The largest absolute Gasteiger partial charge is 0.320 e. The first-order valence-electron chi connectivity index (χ1n) is 5.19. The molecule has 0 aliphatic rings. The van der Waals surface area contributed by atoms with Crippen LogP contribution < -0.4 is 5.32 Å². The van der Waals surface area contributed by atoms with Gasteiger partial charge in [0.1, 0.15) is 0 Å². The summed E-state index contributed by atoms with van der Waals surface area (Å²) in [4.78, 5) is 12.2. The molecule has 0 aromatic heterocycles. The van der Waals surface area contributed by atoms with Crippen molar-refractivity contribution < 1.29 is 4.79 Å². The van der Waals surface area contributed by atoms with Crippen LogP contribution in [-0.4, -0.2) is 5.91 Å². The van der Waals surface area contributed by atoms with Crippen LogP contribution in [0.1, 0.15) is 10.4 Å². The van der Waals surface area contributed by atoms with Crippen molar-refractivity contribution in [3.05, 3.63) is 59.5 Å². The Bertz CT molecular complexity index is 625. The molecule has 0 unspecified atom stereocenters. The number of benzene rings is 2. The van der Waals surface area contributed by atoms with Crippen molar-refractivity contribution in [2.45, 2.75) is 0 Å². The smallest absolute Gasteiger partial charge is 0.256 e. The molecule has 2 nitrogen and oxygen atoms in total. The summed E-state index contributed by atoms with van der Waals surface area (Å²) in [6, 6.07) is 10.9. The molecule has 2 aromatic carbocycles. The first kappa shape index (κ1) is 15.3. The van der Waals surface area contributed by atoms with Crippen molar-refractivity contribution in [1.82, 2.24) is 0 Å². The second-order valence-electron chi connectivity index (χ2n) is 3.68. The quantitative estimate of drug-likeness (QED) is 0.510. The van der Waals surface area contributed by atoms with Crippen molar-refractivity contribution in [1.29, 1.82) is 0 Å². The predicted molar refractivity (Wildman–Crippen MR) is 94.0 cm³/mol. The lowest BCUT2D eigenvalue weighted by atomic mass is 10.2. The van der Waals surface area contributed by atoms with Crippen LogP contribution in [0.3, 0.4) is 0 Å². The molecule has 19 heavy (non-hydrogen) atoms. The van der Waals surface area contributed by atoms with Crippen LogP contribution in [0.2, 0.25) is 5.02 Å². The zero-order valence-corrected chi connectivity index (χ0v) is 15.5. The Labute approximate surface area is 146 Å². The average Bonchev–Trinajstić information content (AvgIpc) is 2.34. The maximum Gasteiger partial charge on any atom is 0.256 e. The van der Waals surface area contributed by atoms with E-state index in [2.05, 4.69) is 59.8 Å². The summed E-state index contributed by atoms with van der Waals surface area (Å²) in [7, 11) is 0. The molecular weight excluding hydrogens is 508 g/mol. The van der Waals surface area contributed by atoms with Gasteiger partial charge in [-0.25, -0.2) is 0 Å². The Hall–Kier alpha value is -0.110. The highest BCUT2D eigenvalue weighted by Gasteiger charge is 2.13. The molecule has 0 saturated heterocycles. The first-order chi connectivity index (χ1) is 8.99. The third-order valence-corrected chi connectivity index (χ3v) is 4.77. The lowest BCUT2D eigenvalue weighted by molar-refractivity contribution is 0.102. The molecule has 0 fully saturated rings. The van der Waals surface area contributed by atoms with Crippen molar-refractivity contribution in [2.24, 2.45) is 0 Å². The third-order valence-electron chi connectivity index (χ3n) is 2.36. The van der Waals surface area contributed by atoms with Crippen LogP contribution in [0.5, 0.6) is 0 Å². The normalized spacial score (nSPS) is 10.3. The van der Waals surface area contributed by atoms with Gasteiger partial charge in [0.15, 0.2) is 0 Å². The van der Waals surface area contributed by atoms with Crippen LogP contribution in [0, 0.1) is 3.57 Å². The highest BCUT2D eigenvalue weighted by atomic mass is 127. The van der Waals surface area contributed by atoms with Crippen LogP contribution in [-0.2, 0) is 0 Å². The number of anilines is 1. The fraction of sp³-hybridized carbons (Fsp3) is 0.